The lowest BCUT2D eigenvalue weighted by Crippen LogP contribution is -2.37. The molecule has 0 unspecified atom stereocenters. The van der Waals surface area contributed by atoms with Crippen LogP contribution in [0.25, 0.3) is 0 Å². The van der Waals surface area contributed by atoms with E-state index in [4.69, 9.17) is 15.9 Å². The Bertz CT molecular complexity index is 556. The Morgan fingerprint density at radius 1 is 1.20 bits per heavy atom. The molecule has 0 aliphatic carbocycles. The summed E-state index contributed by atoms with van der Waals surface area (Å²) in [5.41, 5.74) is 1.07. The van der Waals surface area contributed by atoms with Gasteiger partial charge in [-0.2, -0.15) is 0 Å². The van der Waals surface area contributed by atoms with Crippen molar-refractivity contribution in [3.8, 4) is 23.8 Å². The molecule has 1 rings (SSSR count). The fourth-order valence-electron chi connectivity index (χ4n) is 2.23. The largest absolute Gasteiger partial charge is 0.493 e. The normalized spacial score (nSPS) is 10.4. The van der Waals surface area contributed by atoms with Gasteiger partial charge in [0.05, 0.1) is 7.11 Å². The highest BCUT2D eigenvalue weighted by atomic mass is 127. The van der Waals surface area contributed by atoms with Gasteiger partial charge in [0.15, 0.2) is 17.5 Å². The van der Waals surface area contributed by atoms with E-state index in [0.717, 1.165) is 24.5 Å². The van der Waals surface area contributed by atoms with Crippen molar-refractivity contribution in [3.05, 3.63) is 23.8 Å². The summed E-state index contributed by atoms with van der Waals surface area (Å²) in [6, 6.07) is 5.80. The van der Waals surface area contributed by atoms with Gasteiger partial charge in [0.25, 0.3) is 0 Å². The van der Waals surface area contributed by atoms with E-state index in [-0.39, 0.29) is 30.6 Å². The highest BCUT2D eigenvalue weighted by Crippen LogP contribution is 2.27. The molecule has 25 heavy (non-hydrogen) atoms. The van der Waals surface area contributed by atoms with Gasteiger partial charge in [-0.3, -0.25) is 4.99 Å². The molecule has 0 aliphatic rings. The van der Waals surface area contributed by atoms with Crippen molar-refractivity contribution in [2.75, 3.05) is 27.3 Å². The topological polar surface area (TPSA) is 54.9 Å². The molecule has 0 radical (unpaired) electrons. The Labute approximate surface area is 169 Å². The van der Waals surface area contributed by atoms with Crippen LogP contribution in [-0.4, -0.2) is 33.3 Å². The van der Waals surface area contributed by atoms with E-state index in [9.17, 15) is 0 Å². The molecule has 0 bridgehead atoms. The molecule has 2 N–H and O–H groups in total. The second-order valence-electron chi connectivity index (χ2n) is 5.39. The van der Waals surface area contributed by atoms with Gasteiger partial charge in [0, 0.05) is 20.1 Å². The average molecular weight is 459 g/mol. The number of unbranched alkanes of at least 4 members (excludes halogenated alkanes) is 3. The van der Waals surface area contributed by atoms with Crippen LogP contribution >= 0.6 is 24.0 Å². The van der Waals surface area contributed by atoms with Crippen LogP contribution < -0.4 is 20.1 Å². The van der Waals surface area contributed by atoms with Crippen molar-refractivity contribution < 1.29 is 9.47 Å². The number of nitrogens with zero attached hydrogens (tertiary/aromatic N) is 1. The van der Waals surface area contributed by atoms with Gasteiger partial charge in [0.1, 0.15) is 6.61 Å². The van der Waals surface area contributed by atoms with E-state index in [0.29, 0.717) is 18.0 Å². The predicted octanol–water partition coefficient (Wildman–Crippen LogP) is 3.57. The van der Waals surface area contributed by atoms with Crippen molar-refractivity contribution in [2.45, 2.75) is 39.2 Å². The van der Waals surface area contributed by atoms with Crippen molar-refractivity contribution in [1.82, 2.24) is 10.6 Å². The lowest BCUT2D eigenvalue weighted by molar-refractivity contribution is 0.330. The maximum Gasteiger partial charge on any atom is 0.191 e. The van der Waals surface area contributed by atoms with Gasteiger partial charge in [-0.25, -0.2) is 0 Å². The molecule has 6 heteroatoms. The number of methoxy groups -OCH3 is 1. The molecule has 0 fully saturated rings. The first kappa shape index (κ1) is 23.4. The standard InChI is InChI=1S/C19H29N3O2.HI/c1-5-7-8-9-12-21-19(20-3)22-15-16-10-11-17(23-4)18(14-16)24-13-6-2;/h2,10-11,14H,5,7-9,12-13,15H2,1,3-4H3,(H2,20,21,22);1H. The molecular weight excluding hydrogens is 429 g/mol. The van der Waals surface area contributed by atoms with E-state index < -0.39 is 0 Å². The summed E-state index contributed by atoms with van der Waals surface area (Å²) in [6.45, 7) is 4.00. The molecule has 0 spiro atoms. The summed E-state index contributed by atoms with van der Waals surface area (Å²) in [5, 5.41) is 6.63. The molecule has 0 heterocycles. The summed E-state index contributed by atoms with van der Waals surface area (Å²) in [5.74, 6) is 4.58. The third-order valence-electron chi connectivity index (χ3n) is 3.55. The first-order chi connectivity index (χ1) is 11.7. The number of rotatable bonds is 10. The first-order valence-corrected chi connectivity index (χ1v) is 8.42. The molecule has 0 aromatic heterocycles. The molecule has 0 aliphatic heterocycles. The van der Waals surface area contributed by atoms with E-state index in [1.165, 1.54) is 19.3 Å². The summed E-state index contributed by atoms with van der Waals surface area (Å²) in [6.07, 6.45) is 10.2. The Balaban J connectivity index is 0.00000576. The highest BCUT2D eigenvalue weighted by Gasteiger charge is 2.06. The van der Waals surface area contributed by atoms with E-state index in [2.05, 4.69) is 28.5 Å². The predicted molar refractivity (Wildman–Crippen MR) is 115 cm³/mol. The number of terminal acetylenes is 1. The van der Waals surface area contributed by atoms with Crippen LogP contribution in [-0.2, 0) is 6.54 Å². The quantitative estimate of drug-likeness (QED) is 0.185. The molecule has 140 valence electrons. The molecule has 1 aromatic carbocycles. The maximum absolute atomic E-state index is 5.52. The van der Waals surface area contributed by atoms with Crippen LogP contribution in [0.3, 0.4) is 0 Å². The van der Waals surface area contributed by atoms with E-state index >= 15 is 0 Å². The molecule has 0 amide bonds. The van der Waals surface area contributed by atoms with Crippen LogP contribution in [0.2, 0.25) is 0 Å². The minimum Gasteiger partial charge on any atom is -0.493 e. The smallest absolute Gasteiger partial charge is 0.191 e. The number of halogens is 1. The number of guanidine groups is 1. The number of aliphatic imine (C=N–C) groups is 1. The maximum atomic E-state index is 5.52. The van der Waals surface area contributed by atoms with Crippen LogP contribution in [0, 0.1) is 12.3 Å². The number of nitrogens with one attached hydrogen (secondary N) is 2. The Hall–Kier alpha value is -1.62. The van der Waals surface area contributed by atoms with Gasteiger partial charge < -0.3 is 20.1 Å². The van der Waals surface area contributed by atoms with Crippen molar-refractivity contribution >= 4 is 29.9 Å². The minimum atomic E-state index is 0. The van der Waals surface area contributed by atoms with E-state index in [1.807, 2.05) is 18.2 Å². The Morgan fingerprint density at radius 2 is 2.00 bits per heavy atom. The third kappa shape index (κ3) is 9.44. The molecule has 1 aromatic rings. The molecule has 5 nitrogen and oxygen atoms in total. The number of ether oxygens (including phenoxy) is 2. The van der Waals surface area contributed by atoms with Crippen molar-refractivity contribution in [1.29, 1.82) is 0 Å². The zero-order valence-corrected chi connectivity index (χ0v) is 17.8. The number of hydrogen-bond acceptors (Lipinski definition) is 3. The van der Waals surface area contributed by atoms with Gasteiger partial charge in [-0.05, 0) is 24.1 Å². The second-order valence-corrected chi connectivity index (χ2v) is 5.39. The van der Waals surface area contributed by atoms with Crippen molar-refractivity contribution in [2.24, 2.45) is 4.99 Å². The van der Waals surface area contributed by atoms with Crippen LogP contribution in [0.15, 0.2) is 23.2 Å². The summed E-state index contributed by atoms with van der Waals surface area (Å²) in [7, 11) is 3.39. The molecule has 0 saturated heterocycles. The molecule has 0 saturated carbocycles. The zero-order valence-electron chi connectivity index (χ0n) is 15.4. The lowest BCUT2D eigenvalue weighted by Gasteiger charge is -2.14. The molecular formula is C19H30IN3O2. The molecule has 0 atom stereocenters. The Morgan fingerprint density at radius 3 is 2.64 bits per heavy atom. The highest BCUT2D eigenvalue weighted by molar-refractivity contribution is 14.0. The SMILES string of the molecule is C#CCOc1cc(CNC(=NC)NCCCCCC)ccc1OC.I. The van der Waals surface area contributed by atoms with Gasteiger partial charge >= 0.3 is 0 Å². The van der Waals surface area contributed by atoms with Gasteiger partial charge in [-0.1, -0.05) is 38.2 Å². The first-order valence-electron chi connectivity index (χ1n) is 8.42. The van der Waals surface area contributed by atoms with Crippen LogP contribution in [0.5, 0.6) is 11.5 Å². The zero-order chi connectivity index (χ0) is 17.6. The average Bonchev–Trinajstić information content (AvgIpc) is 2.62. The monoisotopic (exact) mass is 459 g/mol. The van der Waals surface area contributed by atoms with Crippen LogP contribution in [0.1, 0.15) is 38.2 Å². The fourth-order valence-corrected chi connectivity index (χ4v) is 2.23. The van der Waals surface area contributed by atoms with Crippen molar-refractivity contribution in [3.63, 3.8) is 0 Å². The van der Waals surface area contributed by atoms with Gasteiger partial charge in [-0.15, -0.1) is 30.4 Å². The summed E-state index contributed by atoms with van der Waals surface area (Å²) in [4.78, 5) is 4.24. The minimum absolute atomic E-state index is 0. The summed E-state index contributed by atoms with van der Waals surface area (Å²) < 4.78 is 10.8. The third-order valence-corrected chi connectivity index (χ3v) is 3.55. The lowest BCUT2D eigenvalue weighted by atomic mass is 10.2. The van der Waals surface area contributed by atoms with Crippen LogP contribution in [0.4, 0.5) is 0 Å². The van der Waals surface area contributed by atoms with E-state index in [1.54, 1.807) is 14.2 Å². The second kappa shape index (κ2) is 14.7. The number of hydrogen-bond donors (Lipinski definition) is 2. The summed E-state index contributed by atoms with van der Waals surface area (Å²) >= 11 is 0. The Kier molecular flexibility index (Phi) is 13.7. The van der Waals surface area contributed by atoms with Gasteiger partial charge in [0.2, 0.25) is 0 Å². The number of benzene rings is 1. The fraction of sp³-hybridized carbons (Fsp3) is 0.526.